The first-order chi connectivity index (χ1) is 8.11. The van der Waals surface area contributed by atoms with E-state index < -0.39 is 33.7 Å². The number of aromatic nitrogens is 1. The van der Waals surface area contributed by atoms with Crippen LogP contribution in [0.3, 0.4) is 0 Å². The van der Waals surface area contributed by atoms with Crippen molar-refractivity contribution in [2.75, 3.05) is 0 Å². The fourth-order valence-electron chi connectivity index (χ4n) is 1.00. The van der Waals surface area contributed by atoms with Gasteiger partial charge in [0.2, 0.25) is 11.4 Å². The molecule has 0 aromatic carbocycles. The van der Waals surface area contributed by atoms with E-state index in [9.17, 15) is 28.1 Å². The number of nitrogens with zero attached hydrogens (tertiary/aromatic N) is 2. The van der Waals surface area contributed by atoms with Crippen LogP contribution in [-0.4, -0.2) is 21.5 Å². The maximum atomic E-state index is 12.1. The van der Waals surface area contributed by atoms with Gasteiger partial charge in [0.15, 0.2) is 0 Å². The Bertz CT molecular complexity index is 522. The van der Waals surface area contributed by atoms with Crippen molar-refractivity contribution in [2.45, 2.75) is 6.36 Å². The summed E-state index contributed by atoms with van der Waals surface area (Å²) in [7, 11) is 0. The zero-order valence-electron chi connectivity index (χ0n) is 7.99. The number of carbonyl (C=O) groups is 1. The number of ether oxygens (including phenoxy) is 1. The van der Waals surface area contributed by atoms with Crippen LogP contribution >= 0.6 is 34.2 Å². The predicted molar refractivity (Wildman–Crippen MR) is 60.5 cm³/mol. The molecule has 0 bridgehead atoms. The van der Waals surface area contributed by atoms with E-state index in [-0.39, 0.29) is 3.70 Å². The van der Waals surface area contributed by atoms with Crippen molar-refractivity contribution in [3.63, 3.8) is 0 Å². The highest BCUT2D eigenvalue weighted by Gasteiger charge is 2.37. The van der Waals surface area contributed by atoms with Gasteiger partial charge in [-0.25, -0.2) is 4.98 Å². The minimum Gasteiger partial charge on any atom is -0.398 e. The first-order valence-corrected chi connectivity index (χ1v) is 5.38. The third kappa shape index (κ3) is 3.66. The van der Waals surface area contributed by atoms with Gasteiger partial charge < -0.3 is 4.74 Å². The number of alkyl halides is 3. The molecule has 0 aliphatic carbocycles. The van der Waals surface area contributed by atoms with Crippen molar-refractivity contribution < 1.29 is 27.6 Å². The Hall–Kier alpha value is -1.17. The lowest BCUT2D eigenvalue weighted by atomic mass is 10.3. The fourth-order valence-corrected chi connectivity index (χ4v) is 1.66. The molecule has 98 valence electrons. The molecule has 1 heterocycles. The highest BCUT2D eigenvalue weighted by atomic mass is 127. The molecule has 0 aliphatic rings. The molecule has 1 aromatic heterocycles. The second-order valence-corrected chi connectivity index (χ2v) is 4.17. The van der Waals surface area contributed by atoms with Gasteiger partial charge >= 0.3 is 12.0 Å². The van der Waals surface area contributed by atoms with E-state index in [4.69, 9.17) is 11.6 Å². The third-order valence-corrected chi connectivity index (χ3v) is 2.25. The summed E-state index contributed by atoms with van der Waals surface area (Å²) < 4.78 is 39.5. The number of hydrogen-bond acceptors (Lipinski definition) is 5. The minimum absolute atomic E-state index is 0.110. The van der Waals surface area contributed by atoms with Gasteiger partial charge in [-0.05, 0) is 34.2 Å². The van der Waals surface area contributed by atoms with E-state index in [1.165, 1.54) is 22.6 Å². The van der Waals surface area contributed by atoms with Crippen molar-refractivity contribution in [3.05, 3.63) is 25.6 Å². The maximum absolute atomic E-state index is 12.1. The zero-order chi connectivity index (χ0) is 14.1. The molecular weight excluding hydrogens is 395 g/mol. The molecule has 6 nitrogen and oxygen atoms in total. The summed E-state index contributed by atoms with van der Waals surface area (Å²) in [6, 6.07) is 0.676. The Kier molecular flexibility index (Phi) is 4.32. The van der Waals surface area contributed by atoms with Crippen molar-refractivity contribution >= 4 is 45.1 Å². The van der Waals surface area contributed by atoms with Gasteiger partial charge in [0.1, 0.15) is 3.70 Å². The first-order valence-electron chi connectivity index (χ1n) is 3.92. The van der Waals surface area contributed by atoms with Gasteiger partial charge in [-0.3, -0.25) is 14.9 Å². The van der Waals surface area contributed by atoms with E-state index in [1.807, 2.05) is 0 Å². The van der Waals surface area contributed by atoms with Crippen LogP contribution in [0.15, 0.2) is 6.07 Å². The van der Waals surface area contributed by atoms with Crippen molar-refractivity contribution in [2.24, 2.45) is 0 Å². The third-order valence-electron chi connectivity index (χ3n) is 1.52. The number of halogens is 5. The molecular formula is C7HClF3IN2O4. The van der Waals surface area contributed by atoms with Gasteiger partial charge in [0.25, 0.3) is 5.24 Å². The smallest absolute Gasteiger partial charge is 0.398 e. The molecule has 18 heavy (non-hydrogen) atoms. The van der Waals surface area contributed by atoms with Gasteiger partial charge in [0, 0.05) is 6.07 Å². The predicted octanol–water partition coefficient (Wildman–Crippen LogP) is 2.87. The lowest BCUT2D eigenvalue weighted by Crippen LogP contribution is -2.19. The Morgan fingerprint density at radius 1 is 1.56 bits per heavy atom. The molecule has 0 saturated carbocycles. The molecule has 11 heteroatoms. The van der Waals surface area contributed by atoms with E-state index in [2.05, 4.69) is 9.72 Å². The van der Waals surface area contributed by atoms with Crippen LogP contribution in [0.5, 0.6) is 5.75 Å². The zero-order valence-corrected chi connectivity index (χ0v) is 10.9. The second-order valence-electron chi connectivity index (χ2n) is 2.72. The monoisotopic (exact) mass is 396 g/mol. The molecule has 0 fully saturated rings. The quantitative estimate of drug-likeness (QED) is 0.258. The van der Waals surface area contributed by atoms with Crippen LogP contribution in [-0.2, 0) is 0 Å². The van der Waals surface area contributed by atoms with Gasteiger partial charge in [-0.2, -0.15) is 0 Å². The SMILES string of the molecule is O=C(Cl)c1nc(I)cc(OC(F)(F)F)c1[N+](=O)[O-]. The summed E-state index contributed by atoms with van der Waals surface area (Å²) in [5.41, 5.74) is -2.14. The Labute approximate surface area is 115 Å². The number of carbonyl (C=O) groups excluding carboxylic acids is 1. The van der Waals surface area contributed by atoms with Crippen molar-refractivity contribution in [1.29, 1.82) is 0 Å². The highest BCUT2D eigenvalue weighted by molar-refractivity contribution is 14.1. The van der Waals surface area contributed by atoms with Crippen molar-refractivity contribution in [3.8, 4) is 5.75 Å². The number of nitro groups is 1. The molecule has 1 aromatic rings. The summed E-state index contributed by atoms with van der Waals surface area (Å²) in [5, 5.41) is 9.29. The summed E-state index contributed by atoms with van der Waals surface area (Å²) in [6.45, 7) is 0. The summed E-state index contributed by atoms with van der Waals surface area (Å²) >= 11 is 6.49. The average Bonchev–Trinajstić information content (AvgIpc) is 2.12. The van der Waals surface area contributed by atoms with Crippen molar-refractivity contribution in [1.82, 2.24) is 4.98 Å². The normalized spacial score (nSPS) is 11.2. The van der Waals surface area contributed by atoms with E-state index in [1.54, 1.807) is 0 Å². The Balaban J connectivity index is 3.49. The molecule has 0 aliphatic heterocycles. The van der Waals surface area contributed by atoms with Crippen LogP contribution in [0.2, 0.25) is 0 Å². The number of pyridine rings is 1. The van der Waals surface area contributed by atoms with E-state index >= 15 is 0 Å². The van der Waals surface area contributed by atoms with Gasteiger partial charge in [-0.15, -0.1) is 13.2 Å². The number of hydrogen-bond donors (Lipinski definition) is 0. The second kappa shape index (κ2) is 5.22. The lowest BCUT2D eigenvalue weighted by molar-refractivity contribution is -0.389. The van der Waals surface area contributed by atoms with E-state index in [0.717, 1.165) is 0 Å². The van der Waals surface area contributed by atoms with Crippen LogP contribution in [0.4, 0.5) is 18.9 Å². The van der Waals surface area contributed by atoms with Crippen LogP contribution < -0.4 is 4.74 Å². The Morgan fingerprint density at radius 3 is 2.50 bits per heavy atom. The molecule has 0 unspecified atom stereocenters. The largest absolute Gasteiger partial charge is 0.573 e. The molecule has 0 amide bonds. The first kappa shape index (κ1) is 14.9. The van der Waals surface area contributed by atoms with Crippen LogP contribution in [0, 0.1) is 13.8 Å². The Morgan fingerprint density at radius 2 is 2.11 bits per heavy atom. The average molecular weight is 396 g/mol. The van der Waals surface area contributed by atoms with Crippen LogP contribution in [0.25, 0.3) is 0 Å². The minimum atomic E-state index is -5.14. The standard InChI is InChI=1S/C7HClF3IN2O4/c8-6(15)4-5(14(16)17)2(1-3(12)13-4)18-7(9,10)11/h1H. The van der Waals surface area contributed by atoms with Gasteiger partial charge in [-0.1, -0.05) is 0 Å². The molecule has 0 N–H and O–H groups in total. The lowest BCUT2D eigenvalue weighted by Gasteiger charge is -2.10. The fraction of sp³-hybridized carbons (Fsp3) is 0.143. The maximum Gasteiger partial charge on any atom is 0.573 e. The highest BCUT2D eigenvalue weighted by Crippen LogP contribution is 2.35. The van der Waals surface area contributed by atoms with Gasteiger partial charge in [0.05, 0.1) is 4.92 Å². The summed E-state index contributed by atoms with van der Waals surface area (Å²) in [4.78, 5) is 23.7. The molecule has 0 radical (unpaired) electrons. The van der Waals surface area contributed by atoms with E-state index in [0.29, 0.717) is 6.07 Å². The molecule has 0 spiro atoms. The topological polar surface area (TPSA) is 82.3 Å². The summed E-state index contributed by atoms with van der Waals surface area (Å²) in [6.07, 6.45) is -5.14. The molecule has 1 rings (SSSR count). The molecule has 0 saturated heterocycles. The number of rotatable bonds is 3. The summed E-state index contributed by atoms with van der Waals surface area (Å²) in [5.74, 6) is -1.14. The van der Waals surface area contributed by atoms with Crippen LogP contribution in [0.1, 0.15) is 10.5 Å². The molecule has 0 atom stereocenters.